The van der Waals surface area contributed by atoms with Gasteiger partial charge in [-0.25, -0.2) is 15.0 Å². The molecule has 3 aromatic heterocycles. The molecule has 0 amide bonds. The van der Waals surface area contributed by atoms with Crippen molar-refractivity contribution < 1.29 is 14.2 Å². The van der Waals surface area contributed by atoms with E-state index in [-0.39, 0.29) is 11.1 Å². The molecule has 1 aromatic carbocycles. The summed E-state index contributed by atoms with van der Waals surface area (Å²) < 4.78 is 20.1. The summed E-state index contributed by atoms with van der Waals surface area (Å²) in [4.78, 5) is 18.4. The first-order chi connectivity index (χ1) is 18.2. The molecule has 0 radical (unpaired) electrons. The average molecular weight is 515 g/mol. The van der Waals surface area contributed by atoms with Crippen LogP contribution < -0.4 is 19.7 Å². The number of aromatic nitrogens is 4. The van der Waals surface area contributed by atoms with Gasteiger partial charge in [0.25, 0.3) is 0 Å². The second-order valence-electron chi connectivity index (χ2n) is 10.4. The number of rotatable bonds is 3. The van der Waals surface area contributed by atoms with Gasteiger partial charge in [-0.15, -0.1) is 0 Å². The van der Waals surface area contributed by atoms with Crippen molar-refractivity contribution in [3.05, 3.63) is 60.7 Å². The maximum atomic E-state index is 6.45. The van der Waals surface area contributed by atoms with Crippen LogP contribution in [0, 0.1) is 0 Å². The predicted octanol–water partition coefficient (Wildman–Crippen LogP) is 3.82. The van der Waals surface area contributed by atoms with Gasteiger partial charge in [-0.2, -0.15) is 0 Å². The van der Waals surface area contributed by atoms with Gasteiger partial charge in [-0.3, -0.25) is 4.40 Å². The molecule has 1 N–H and O–H groups in total. The summed E-state index contributed by atoms with van der Waals surface area (Å²) in [5.41, 5.74) is 1.96. The van der Waals surface area contributed by atoms with Crippen LogP contribution in [0.25, 0.3) is 5.65 Å². The number of nitrogens with zero attached hydrogens (tertiary/aromatic N) is 5. The van der Waals surface area contributed by atoms with Crippen LogP contribution in [0.2, 0.25) is 0 Å². The standard InChI is InChI=1S/C27H26N6O3S/c1-2-4-19-18(3-1)13-27(36-19)6-10-32(11-7-27)25-30-14-21(24-29-9-12-33(24)25)37-20-5-8-28-23-22(20)35-17-26(31-23)15-34-16-26/h1-5,8-9,12,14H,6-7,10-11,13,15-17H2,(H,28,31). The van der Waals surface area contributed by atoms with E-state index in [9.17, 15) is 0 Å². The summed E-state index contributed by atoms with van der Waals surface area (Å²) >= 11 is 1.61. The minimum Gasteiger partial charge on any atom is -0.487 e. The van der Waals surface area contributed by atoms with E-state index in [1.54, 1.807) is 11.8 Å². The van der Waals surface area contributed by atoms with Crippen LogP contribution in [0.4, 0.5) is 11.8 Å². The molecule has 4 aromatic rings. The van der Waals surface area contributed by atoms with E-state index in [4.69, 9.17) is 19.2 Å². The summed E-state index contributed by atoms with van der Waals surface area (Å²) in [5.74, 6) is 3.50. The molecule has 0 unspecified atom stereocenters. The van der Waals surface area contributed by atoms with Crippen molar-refractivity contribution in [1.82, 2.24) is 19.4 Å². The van der Waals surface area contributed by atoms with Crippen molar-refractivity contribution in [2.45, 2.75) is 40.2 Å². The first kappa shape index (κ1) is 21.6. The number of imidazole rings is 1. The number of pyridine rings is 1. The molecule has 0 saturated carbocycles. The minimum atomic E-state index is -0.151. The van der Waals surface area contributed by atoms with Crippen LogP contribution >= 0.6 is 11.8 Å². The van der Waals surface area contributed by atoms with Crippen molar-refractivity contribution >= 4 is 29.2 Å². The topological polar surface area (TPSA) is 86.0 Å². The smallest absolute Gasteiger partial charge is 0.211 e. The average Bonchev–Trinajstić information content (AvgIpc) is 3.54. The largest absolute Gasteiger partial charge is 0.487 e. The lowest BCUT2D eigenvalue weighted by Gasteiger charge is -2.45. The van der Waals surface area contributed by atoms with Crippen LogP contribution in [0.1, 0.15) is 18.4 Å². The third-order valence-electron chi connectivity index (χ3n) is 7.86. The zero-order valence-electron chi connectivity index (χ0n) is 20.2. The highest BCUT2D eigenvalue weighted by molar-refractivity contribution is 7.99. The van der Waals surface area contributed by atoms with E-state index in [1.807, 2.05) is 30.9 Å². The molecule has 0 aliphatic carbocycles. The van der Waals surface area contributed by atoms with Gasteiger partial charge in [0.15, 0.2) is 17.2 Å². The molecule has 188 valence electrons. The third kappa shape index (κ3) is 3.46. The van der Waals surface area contributed by atoms with E-state index in [0.717, 1.165) is 71.1 Å². The Balaban J connectivity index is 1.04. The molecule has 10 heteroatoms. The summed E-state index contributed by atoms with van der Waals surface area (Å²) in [5, 5.41) is 3.52. The summed E-state index contributed by atoms with van der Waals surface area (Å²) in [7, 11) is 0. The lowest BCUT2D eigenvalue weighted by Crippen LogP contribution is -2.61. The fourth-order valence-electron chi connectivity index (χ4n) is 5.81. The van der Waals surface area contributed by atoms with Crippen molar-refractivity contribution in [2.75, 3.05) is 43.1 Å². The number of benzene rings is 1. The van der Waals surface area contributed by atoms with Crippen LogP contribution in [-0.2, 0) is 11.2 Å². The van der Waals surface area contributed by atoms with Gasteiger partial charge in [0.2, 0.25) is 5.95 Å². The molecule has 7 heterocycles. The Hall–Kier alpha value is -3.50. The second-order valence-corrected chi connectivity index (χ2v) is 11.5. The SMILES string of the molecule is c1ccc2c(c1)CC1(CCN(c3ncc(Sc4ccnc5c4OCC4(COC4)N5)c4nccn34)CC1)O2. The Kier molecular flexibility index (Phi) is 4.66. The fraction of sp³-hybridized carbons (Fsp3) is 0.370. The predicted molar refractivity (Wildman–Crippen MR) is 139 cm³/mol. The molecule has 9 nitrogen and oxygen atoms in total. The number of hydrogen-bond donors (Lipinski definition) is 1. The molecule has 0 bridgehead atoms. The summed E-state index contributed by atoms with van der Waals surface area (Å²) in [6, 6.07) is 10.4. The number of fused-ring (bicyclic) bond motifs is 3. The molecule has 2 fully saturated rings. The molecular formula is C27H26N6O3S. The molecule has 4 aliphatic rings. The van der Waals surface area contributed by atoms with E-state index in [1.165, 1.54) is 5.56 Å². The molecular weight excluding hydrogens is 488 g/mol. The Morgan fingerprint density at radius 2 is 1.84 bits per heavy atom. The van der Waals surface area contributed by atoms with Crippen LogP contribution in [0.5, 0.6) is 11.5 Å². The molecule has 4 aliphatic heterocycles. The fourth-order valence-corrected chi connectivity index (χ4v) is 6.77. The maximum absolute atomic E-state index is 6.45. The van der Waals surface area contributed by atoms with Gasteiger partial charge in [0.1, 0.15) is 23.5 Å². The second kappa shape index (κ2) is 8.00. The minimum absolute atomic E-state index is 0.0946. The first-order valence-electron chi connectivity index (χ1n) is 12.7. The number of anilines is 2. The monoisotopic (exact) mass is 514 g/mol. The quantitative estimate of drug-likeness (QED) is 0.438. The zero-order chi connectivity index (χ0) is 24.5. The Morgan fingerprint density at radius 1 is 0.946 bits per heavy atom. The number of nitrogens with one attached hydrogen (secondary N) is 1. The van der Waals surface area contributed by atoms with Crippen molar-refractivity contribution in [3.8, 4) is 11.5 Å². The lowest BCUT2D eigenvalue weighted by molar-refractivity contribution is -0.0652. The molecule has 8 rings (SSSR count). The summed E-state index contributed by atoms with van der Waals surface area (Å²) in [6.45, 7) is 3.64. The summed E-state index contributed by atoms with van der Waals surface area (Å²) in [6.07, 6.45) is 10.5. The normalized spacial score (nSPS) is 20.6. The molecule has 2 spiro atoms. The number of hydrogen-bond acceptors (Lipinski definition) is 9. The zero-order valence-corrected chi connectivity index (χ0v) is 21.0. The van der Waals surface area contributed by atoms with Gasteiger partial charge in [-0.1, -0.05) is 30.0 Å². The Labute approximate surface area is 218 Å². The molecule has 37 heavy (non-hydrogen) atoms. The van der Waals surface area contributed by atoms with E-state index >= 15 is 0 Å². The van der Waals surface area contributed by atoms with E-state index in [2.05, 4.69) is 48.9 Å². The van der Waals surface area contributed by atoms with Gasteiger partial charge in [0, 0.05) is 57.1 Å². The van der Waals surface area contributed by atoms with Crippen LogP contribution in [0.3, 0.4) is 0 Å². The van der Waals surface area contributed by atoms with Crippen LogP contribution in [-0.4, -0.2) is 63.4 Å². The van der Waals surface area contributed by atoms with Gasteiger partial charge < -0.3 is 24.4 Å². The lowest BCUT2D eigenvalue weighted by atomic mass is 9.87. The molecule has 2 saturated heterocycles. The van der Waals surface area contributed by atoms with E-state index in [0.29, 0.717) is 19.8 Å². The highest BCUT2D eigenvalue weighted by Crippen LogP contribution is 2.45. The first-order valence-corrected chi connectivity index (χ1v) is 13.5. The van der Waals surface area contributed by atoms with E-state index < -0.39 is 0 Å². The van der Waals surface area contributed by atoms with Gasteiger partial charge in [0.05, 0.1) is 23.0 Å². The Morgan fingerprint density at radius 3 is 2.68 bits per heavy atom. The maximum Gasteiger partial charge on any atom is 0.211 e. The van der Waals surface area contributed by atoms with Crippen LogP contribution in [0.15, 0.2) is 64.9 Å². The van der Waals surface area contributed by atoms with Gasteiger partial charge >= 0.3 is 0 Å². The van der Waals surface area contributed by atoms with Crippen molar-refractivity contribution in [3.63, 3.8) is 0 Å². The van der Waals surface area contributed by atoms with Crippen molar-refractivity contribution in [2.24, 2.45) is 0 Å². The van der Waals surface area contributed by atoms with Gasteiger partial charge in [-0.05, 0) is 17.7 Å². The number of para-hydroxylation sites is 1. The number of ether oxygens (including phenoxy) is 3. The highest BCUT2D eigenvalue weighted by Gasteiger charge is 2.44. The molecule has 0 atom stereocenters. The third-order valence-corrected chi connectivity index (χ3v) is 8.91. The number of piperidine rings is 1. The Bertz CT molecular complexity index is 1480. The van der Waals surface area contributed by atoms with Crippen molar-refractivity contribution in [1.29, 1.82) is 0 Å². The highest BCUT2D eigenvalue weighted by atomic mass is 32.2.